The average molecular weight is 98.2 g/mol. The lowest BCUT2D eigenvalue weighted by Gasteiger charge is -1.97. The molecule has 1 nitrogen and oxygen atoms in total. The summed E-state index contributed by atoms with van der Waals surface area (Å²) >= 11 is 0. The maximum atomic E-state index is 6.64. The molecule has 0 heterocycles. The van der Waals surface area contributed by atoms with E-state index in [1.165, 1.54) is 6.21 Å². The molecule has 0 aliphatic rings. The SMILES string of the molecule is C[CH-]CCCC=N. The predicted octanol–water partition coefficient (Wildman–Crippen LogP) is 2.03. The van der Waals surface area contributed by atoms with Crippen molar-refractivity contribution in [1.29, 1.82) is 5.41 Å². The molecule has 0 aromatic heterocycles. The lowest BCUT2D eigenvalue weighted by atomic mass is 10.2. The van der Waals surface area contributed by atoms with E-state index in [0.717, 1.165) is 19.3 Å². The fourth-order valence-corrected chi connectivity index (χ4v) is 0.424. The Labute approximate surface area is 45.2 Å². The minimum atomic E-state index is 0.935. The van der Waals surface area contributed by atoms with E-state index in [9.17, 15) is 0 Å². The van der Waals surface area contributed by atoms with Gasteiger partial charge in [-0.15, -0.1) is 0 Å². The van der Waals surface area contributed by atoms with Crippen LogP contribution in [-0.2, 0) is 0 Å². The quantitative estimate of drug-likeness (QED) is 0.316. The number of hydrogen-bond donors (Lipinski definition) is 1. The van der Waals surface area contributed by atoms with Crippen molar-refractivity contribution in [3.63, 3.8) is 0 Å². The number of unbranched alkanes of at least 4 members (excludes halogenated alkanes) is 3. The normalized spacial score (nSPS) is 8.71. The summed E-state index contributed by atoms with van der Waals surface area (Å²) in [5.41, 5.74) is 0. The summed E-state index contributed by atoms with van der Waals surface area (Å²) in [6.45, 7) is 2.05. The highest BCUT2D eigenvalue weighted by Crippen LogP contribution is 1.93. The van der Waals surface area contributed by atoms with Gasteiger partial charge >= 0.3 is 0 Å². The predicted molar refractivity (Wildman–Crippen MR) is 32.6 cm³/mol. The van der Waals surface area contributed by atoms with Gasteiger partial charge in [0.1, 0.15) is 0 Å². The van der Waals surface area contributed by atoms with Crippen LogP contribution in [0.2, 0.25) is 0 Å². The van der Waals surface area contributed by atoms with Gasteiger partial charge < -0.3 is 11.8 Å². The van der Waals surface area contributed by atoms with Crippen molar-refractivity contribution in [1.82, 2.24) is 0 Å². The van der Waals surface area contributed by atoms with E-state index < -0.39 is 0 Å². The molecule has 0 rings (SSSR count). The first-order valence-corrected chi connectivity index (χ1v) is 2.68. The molecule has 0 aromatic carbocycles. The largest absolute Gasteiger partial charge is 0.331 e. The van der Waals surface area contributed by atoms with Gasteiger partial charge in [0.05, 0.1) is 0 Å². The summed E-state index contributed by atoms with van der Waals surface area (Å²) in [4.78, 5) is 0. The minimum absolute atomic E-state index is 0.935. The summed E-state index contributed by atoms with van der Waals surface area (Å²) in [5.74, 6) is 0. The van der Waals surface area contributed by atoms with Crippen molar-refractivity contribution in [2.45, 2.75) is 26.2 Å². The Bertz CT molecular complexity index is 41.4. The van der Waals surface area contributed by atoms with E-state index >= 15 is 0 Å². The van der Waals surface area contributed by atoms with Gasteiger partial charge in [0.2, 0.25) is 0 Å². The van der Waals surface area contributed by atoms with Crippen LogP contribution in [0.5, 0.6) is 0 Å². The van der Waals surface area contributed by atoms with E-state index in [4.69, 9.17) is 5.41 Å². The van der Waals surface area contributed by atoms with Crippen molar-refractivity contribution < 1.29 is 0 Å². The maximum absolute atomic E-state index is 6.64. The Morgan fingerprint density at radius 1 is 1.71 bits per heavy atom. The fraction of sp³-hybridized carbons (Fsp3) is 0.667. The Morgan fingerprint density at radius 3 is 2.86 bits per heavy atom. The van der Waals surface area contributed by atoms with Gasteiger partial charge in [-0.05, 0) is 12.6 Å². The van der Waals surface area contributed by atoms with Gasteiger partial charge in [0.25, 0.3) is 0 Å². The summed E-state index contributed by atoms with van der Waals surface area (Å²) in [5, 5.41) is 6.64. The molecule has 1 N–H and O–H groups in total. The third-order valence-corrected chi connectivity index (χ3v) is 0.841. The molecule has 0 spiro atoms. The van der Waals surface area contributed by atoms with Gasteiger partial charge in [-0.25, -0.2) is 0 Å². The van der Waals surface area contributed by atoms with Crippen LogP contribution in [0.25, 0.3) is 0 Å². The average Bonchev–Trinajstić information content (AvgIpc) is 1.69. The van der Waals surface area contributed by atoms with Gasteiger partial charge in [-0.2, -0.15) is 13.3 Å². The molecule has 0 amide bonds. The summed E-state index contributed by atoms with van der Waals surface area (Å²) in [7, 11) is 0. The molecule has 1 heteroatoms. The second kappa shape index (κ2) is 5.67. The fourth-order valence-electron chi connectivity index (χ4n) is 0.424. The first-order chi connectivity index (χ1) is 3.41. The number of hydrogen-bond acceptors (Lipinski definition) is 1. The van der Waals surface area contributed by atoms with Crippen LogP contribution in [0.3, 0.4) is 0 Å². The second-order valence-corrected chi connectivity index (χ2v) is 1.54. The van der Waals surface area contributed by atoms with Crippen LogP contribution < -0.4 is 0 Å². The van der Waals surface area contributed by atoms with Crippen molar-refractivity contribution >= 4 is 6.21 Å². The smallest absolute Gasteiger partial charge is 0.00487 e. The minimum Gasteiger partial charge on any atom is -0.331 e. The third kappa shape index (κ3) is 5.67. The molecule has 0 aliphatic heterocycles. The van der Waals surface area contributed by atoms with Crippen LogP contribution in [0.1, 0.15) is 26.2 Å². The van der Waals surface area contributed by atoms with Crippen LogP contribution in [0, 0.1) is 11.8 Å². The lowest BCUT2D eigenvalue weighted by Crippen LogP contribution is -1.73. The van der Waals surface area contributed by atoms with E-state index in [2.05, 4.69) is 6.42 Å². The molecule has 0 aromatic rings. The molecular formula is C6H12N-. The highest BCUT2D eigenvalue weighted by Gasteiger charge is 1.71. The van der Waals surface area contributed by atoms with Crippen LogP contribution in [0.15, 0.2) is 0 Å². The Kier molecular flexibility index (Phi) is 5.40. The van der Waals surface area contributed by atoms with E-state index in [1.54, 1.807) is 0 Å². The Hall–Kier alpha value is -0.330. The molecule has 42 valence electrons. The second-order valence-electron chi connectivity index (χ2n) is 1.54. The summed E-state index contributed by atoms with van der Waals surface area (Å²) < 4.78 is 0. The zero-order valence-corrected chi connectivity index (χ0v) is 4.78. The third-order valence-electron chi connectivity index (χ3n) is 0.841. The van der Waals surface area contributed by atoms with Crippen molar-refractivity contribution in [3.8, 4) is 0 Å². The summed E-state index contributed by atoms with van der Waals surface area (Å²) in [6.07, 6.45) is 6.81. The zero-order valence-electron chi connectivity index (χ0n) is 4.78. The van der Waals surface area contributed by atoms with Crippen molar-refractivity contribution in [3.05, 3.63) is 6.42 Å². The monoisotopic (exact) mass is 98.1 g/mol. The zero-order chi connectivity index (χ0) is 5.54. The molecule has 0 unspecified atom stereocenters. The van der Waals surface area contributed by atoms with Gasteiger partial charge in [-0.3, -0.25) is 0 Å². The number of rotatable bonds is 4. The number of nitrogens with one attached hydrogen (secondary N) is 1. The molecule has 0 atom stereocenters. The Balaban J connectivity index is 2.56. The van der Waals surface area contributed by atoms with Crippen LogP contribution >= 0.6 is 0 Å². The Morgan fingerprint density at radius 2 is 2.43 bits per heavy atom. The first kappa shape index (κ1) is 6.67. The standard InChI is InChI=1S/C6H12N/c1-2-3-4-5-6-7/h2,6-7H,3-5H2,1H3/q-1. The molecule has 0 fully saturated rings. The van der Waals surface area contributed by atoms with Crippen LogP contribution in [0.4, 0.5) is 0 Å². The van der Waals surface area contributed by atoms with E-state index in [0.29, 0.717) is 0 Å². The topological polar surface area (TPSA) is 23.9 Å². The summed E-state index contributed by atoms with van der Waals surface area (Å²) in [6, 6.07) is 0. The lowest BCUT2D eigenvalue weighted by molar-refractivity contribution is 0.855. The first-order valence-electron chi connectivity index (χ1n) is 2.68. The van der Waals surface area contributed by atoms with Crippen molar-refractivity contribution in [2.75, 3.05) is 0 Å². The molecule has 0 radical (unpaired) electrons. The van der Waals surface area contributed by atoms with Gasteiger partial charge in [-0.1, -0.05) is 6.42 Å². The van der Waals surface area contributed by atoms with E-state index in [-0.39, 0.29) is 0 Å². The molecule has 0 saturated carbocycles. The molecule has 0 aliphatic carbocycles. The van der Waals surface area contributed by atoms with E-state index in [1.807, 2.05) is 6.92 Å². The molecule has 7 heavy (non-hydrogen) atoms. The highest BCUT2D eigenvalue weighted by molar-refractivity contribution is 5.52. The highest BCUT2D eigenvalue weighted by atomic mass is 14.3. The molecule has 0 saturated heterocycles. The van der Waals surface area contributed by atoms with Crippen molar-refractivity contribution in [2.24, 2.45) is 0 Å². The van der Waals surface area contributed by atoms with Gasteiger partial charge in [0, 0.05) is 0 Å². The van der Waals surface area contributed by atoms with Gasteiger partial charge in [0.15, 0.2) is 0 Å². The molecular weight excluding hydrogens is 86.1 g/mol. The maximum Gasteiger partial charge on any atom is -0.00487 e. The van der Waals surface area contributed by atoms with Crippen LogP contribution in [-0.4, -0.2) is 6.21 Å². The molecule has 0 bridgehead atoms.